The molecular weight excluding hydrogens is 406 g/mol. The molecule has 2 heterocycles. The molecule has 0 saturated carbocycles. The summed E-state index contributed by atoms with van der Waals surface area (Å²) < 4.78 is 1.94. The zero-order chi connectivity index (χ0) is 21.2. The molecule has 0 aliphatic heterocycles. The number of benzene rings is 3. The van der Waals surface area contributed by atoms with Crippen LogP contribution in [0.4, 0.5) is 5.69 Å². The molecule has 1 N–H and O–H groups in total. The van der Waals surface area contributed by atoms with Gasteiger partial charge in [-0.3, -0.25) is 9.20 Å². The van der Waals surface area contributed by atoms with Gasteiger partial charge in [-0.2, -0.15) is 0 Å². The molecule has 2 aromatic heterocycles. The van der Waals surface area contributed by atoms with Gasteiger partial charge in [0.2, 0.25) is 5.91 Å². The van der Waals surface area contributed by atoms with E-state index >= 15 is 0 Å². The maximum atomic E-state index is 12.4. The molecule has 31 heavy (non-hydrogen) atoms. The number of aryl methyl sites for hydroxylation is 1. The summed E-state index contributed by atoms with van der Waals surface area (Å²) in [5.74, 6) is 0.874. The van der Waals surface area contributed by atoms with Crippen molar-refractivity contribution in [3.63, 3.8) is 0 Å². The van der Waals surface area contributed by atoms with E-state index in [1.165, 1.54) is 17.3 Å². The number of para-hydroxylation sites is 2. The highest BCUT2D eigenvalue weighted by Gasteiger charge is 2.17. The van der Waals surface area contributed by atoms with Crippen molar-refractivity contribution in [1.29, 1.82) is 0 Å². The molecule has 152 valence electrons. The summed E-state index contributed by atoms with van der Waals surface area (Å²) in [6, 6.07) is 25.5. The third-order valence-electron chi connectivity index (χ3n) is 4.92. The van der Waals surface area contributed by atoms with E-state index in [2.05, 4.69) is 34.6 Å². The maximum absolute atomic E-state index is 12.4. The molecule has 0 fully saturated rings. The molecule has 7 heteroatoms. The Morgan fingerprint density at radius 2 is 1.68 bits per heavy atom. The van der Waals surface area contributed by atoms with Crippen LogP contribution in [-0.2, 0) is 4.79 Å². The number of anilines is 1. The lowest BCUT2D eigenvalue weighted by molar-refractivity contribution is -0.113. The molecule has 3 aromatic carbocycles. The van der Waals surface area contributed by atoms with Gasteiger partial charge in [-0.05, 0) is 31.2 Å². The van der Waals surface area contributed by atoms with E-state index in [1.54, 1.807) is 0 Å². The Hall–Kier alpha value is -3.71. The topological polar surface area (TPSA) is 72.2 Å². The van der Waals surface area contributed by atoms with E-state index in [0.717, 1.165) is 33.6 Å². The van der Waals surface area contributed by atoms with Gasteiger partial charge in [0, 0.05) is 16.6 Å². The van der Waals surface area contributed by atoms with Crippen molar-refractivity contribution >= 4 is 39.9 Å². The van der Waals surface area contributed by atoms with Crippen LogP contribution in [-0.4, -0.2) is 31.2 Å². The molecule has 0 bridgehead atoms. The smallest absolute Gasteiger partial charge is 0.234 e. The highest BCUT2D eigenvalue weighted by molar-refractivity contribution is 7.99. The van der Waals surface area contributed by atoms with Crippen LogP contribution in [0.15, 0.2) is 84.0 Å². The zero-order valence-corrected chi connectivity index (χ0v) is 17.6. The van der Waals surface area contributed by atoms with Crippen LogP contribution in [0.5, 0.6) is 0 Å². The van der Waals surface area contributed by atoms with E-state index in [1.807, 2.05) is 71.1 Å². The normalized spacial score (nSPS) is 11.1. The standard InChI is InChI=1S/C24H19N5OS/c1-16-11-13-17(14-12-16)22-26-20-10-6-5-9-19(20)23-27-28-24(29(22)23)31-15-21(30)25-18-7-3-2-4-8-18/h2-14H,15H2,1H3,(H,25,30). The van der Waals surface area contributed by atoms with Crippen LogP contribution in [0, 0.1) is 6.92 Å². The average molecular weight is 426 g/mol. The van der Waals surface area contributed by atoms with Gasteiger partial charge in [0.1, 0.15) is 5.82 Å². The van der Waals surface area contributed by atoms with Gasteiger partial charge < -0.3 is 5.32 Å². The van der Waals surface area contributed by atoms with Crippen molar-refractivity contribution in [1.82, 2.24) is 19.6 Å². The van der Waals surface area contributed by atoms with E-state index in [-0.39, 0.29) is 11.7 Å². The number of nitrogens with zero attached hydrogens (tertiary/aromatic N) is 4. The number of carbonyl (C=O) groups is 1. The van der Waals surface area contributed by atoms with Gasteiger partial charge in [-0.15, -0.1) is 10.2 Å². The molecular formula is C24H19N5OS. The first kappa shape index (κ1) is 19.3. The van der Waals surface area contributed by atoms with Crippen LogP contribution < -0.4 is 5.32 Å². The van der Waals surface area contributed by atoms with Gasteiger partial charge in [0.15, 0.2) is 10.8 Å². The largest absolute Gasteiger partial charge is 0.325 e. The average Bonchev–Trinajstić information content (AvgIpc) is 3.23. The Morgan fingerprint density at radius 3 is 2.48 bits per heavy atom. The number of fused-ring (bicyclic) bond motifs is 3. The van der Waals surface area contributed by atoms with Crippen molar-refractivity contribution in [3.05, 3.63) is 84.4 Å². The predicted molar refractivity (Wildman–Crippen MR) is 124 cm³/mol. The minimum absolute atomic E-state index is 0.0985. The summed E-state index contributed by atoms with van der Waals surface area (Å²) in [6.45, 7) is 2.05. The Morgan fingerprint density at radius 1 is 0.935 bits per heavy atom. The summed E-state index contributed by atoms with van der Waals surface area (Å²) in [5.41, 5.74) is 4.50. The molecule has 0 atom stereocenters. The van der Waals surface area contributed by atoms with E-state index in [0.29, 0.717) is 5.16 Å². The molecule has 5 rings (SSSR count). The van der Waals surface area contributed by atoms with Crippen LogP contribution in [0.1, 0.15) is 5.56 Å². The minimum atomic E-state index is -0.0985. The lowest BCUT2D eigenvalue weighted by Gasteiger charge is -2.10. The van der Waals surface area contributed by atoms with Crippen molar-refractivity contribution in [2.24, 2.45) is 0 Å². The summed E-state index contributed by atoms with van der Waals surface area (Å²) in [6.07, 6.45) is 0. The Bertz CT molecular complexity index is 1380. The van der Waals surface area contributed by atoms with E-state index in [9.17, 15) is 4.79 Å². The third kappa shape index (κ3) is 3.87. The molecule has 5 aromatic rings. The molecule has 0 saturated heterocycles. The van der Waals surface area contributed by atoms with Gasteiger partial charge in [-0.1, -0.05) is 71.9 Å². The lowest BCUT2D eigenvalue weighted by atomic mass is 10.1. The summed E-state index contributed by atoms with van der Waals surface area (Å²) in [4.78, 5) is 17.3. The number of hydrogen-bond donors (Lipinski definition) is 1. The second-order valence-corrected chi connectivity index (χ2v) is 8.11. The first-order chi connectivity index (χ1) is 15.2. The summed E-state index contributed by atoms with van der Waals surface area (Å²) in [7, 11) is 0. The zero-order valence-electron chi connectivity index (χ0n) is 16.8. The van der Waals surface area contributed by atoms with Crippen molar-refractivity contribution in [3.8, 4) is 11.4 Å². The fraction of sp³-hybridized carbons (Fsp3) is 0.0833. The third-order valence-corrected chi connectivity index (χ3v) is 5.85. The number of nitrogens with one attached hydrogen (secondary N) is 1. The number of aromatic nitrogens is 4. The number of thioether (sulfide) groups is 1. The lowest BCUT2D eigenvalue weighted by Crippen LogP contribution is -2.14. The van der Waals surface area contributed by atoms with Crippen LogP contribution in [0.2, 0.25) is 0 Å². The predicted octanol–water partition coefficient (Wildman–Crippen LogP) is 4.98. The SMILES string of the molecule is Cc1ccc(-c2nc3ccccc3c3nnc(SCC(=O)Nc4ccccc4)n23)cc1. The second-order valence-electron chi connectivity index (χ2n) is 7.16. The van der Waals surface area contributed by atoms with Gasteiger partial charge in [0.05, 0.1) is 11.3 Å². The first-order valence-corrected chi connectivity index (χ1v) is 10.9. The quantitative estimate of drug-likeness (QED) is 0.402. The van der Waals surface area contributed by atoms with E-state index in [4.69, 9.17) is 4.98 Å². The number of amides is 1. The van der Waals surface area contributed by atoms with Crippen molar-refractivity contribution in [2.45, 2.75) is 12.1 Å². The Balaban J connectivity index is 1.53. The van der Waals surface area contributed by atoms with Crippen LogP contribution in [0.3, 0.4) is 0 Å². The molecule has 0 aliphatic carbocycles. The number of carbonyl (C=O) groups excluding carboxylic acids is 1. The fourth-order valence-corrected chi connectivity index (χ4v) is 4.13. The van der Waals surface area contributed by atoms with E-state index < -0.39 is 0 Å². The van der Waals surface area contributed by atoms with Crippen molar-refractivity contribution in [2.75, 3.05) is 11.1 Å². The molecule has 0 aliphatic rings. The molecule has 0 unspecified atom stereocenters. The summed E-state index contributed by atoms with van der Waals surface area (Å²) >= 11 is 1.34. The second kappa shape index (κ2) is 8.20. The van der Waals surface area contributed by atoms with Crippen LogP contribution >= 0.6 is 11.8 Å². The summed E-state index contributed by atoms with van der Waals surface area (Å²) in [5, 5.41) is 13.3. The molecule has 0 spiro atoms. The molecule has 6 nitrogen and oxygen atoms in total. The first-order valence-electron chi connectivity index (χ1n) is 9.88. The highest BCUT2D eigenvalue weighted by atomic mass is 32.2. The van der Waals surface area contributed by atoms with Gasteiger partial charge in [0.25, 0.3) is 0 Å². The van der Waals surface area contributed by atoms with Crippen LogP contribution in [0.25, 0.3) is 27.9 Å². The molecule has 1 amide bonds. The number of hydrogen-bond acceptors (Lipinski definition) is 5. The van der Waals surface area contributed by atoms with Crippen molar-refractivity contribution < 1.29 is 4.79 Å². The van der Waals surface area contributed by atoms with Gasteiger partial charge in [-0.25, -0.2) is 4.98 Å². The molecule has 0 radical (unpaired) electrons. The van der Waals surface area contributed by atoms with Gasteiger partial charge >= 0.3 is 0 Å². The Kier molecular flexibility index (Phi) is 5.09. The highest BCUT2D eigenvalue weighted by Crippen LogP contribution is 2.29. The fourth-order valence-electron chi connectivity index (χ4n) is 3.40. The minimum Gasteiger partial charge on any atom is -0.325 e. The maximum Gasteiger partial charge on any atom is 0.234 e. The monoisotopic (exact) mass is 425 g/mol. The number of rotatable bonds is 5. The Labute approximate surface area is 183 Å².